The van der Waals surface area contributed by atoms with Crippen LogP contribution < -0.4 is 5.32 Å². The van der Waals surface area contributed by atoms with E-state index in [1.165, 1.54) is 43.5 Å². The highest BCUT2D eigenvalue weighted by atomic mass is 32.2. The van der Waals surface area contributed by atoms with Gasteiger partial charge in [0.25, 0.3) is 5.91 Å². The van der Waals surface area contributed by atoms with Gasteiger partial charge in [-0.15, -0.1) is 0 Å². The predicted molar refractivity (Wildman–Crippen MR) is 93.7 cm³/mol. The molecule has 144 valence electrons. The van der Waals surface area contributed by atoms with Gasteiger partial charge in [-0.05, 0) is 31.2 Å². The van der Waals surface area contributed by atoms with Crippen LogP contribution in [0, 0.1) is 0 Å². The summed E-state index contributed by atoms with van der Waals surface area (Å²) in [7, 11) is -1.46. The number of carbonyl (C=O) groups excluding carboxylic acids is 2. The van der Waals surface area contributed by atoms with Gasteiger partial charge in [0.2, 0.25) is 0 Å². The van der Waals surface area contributed by atoms with E-state index in [-0.39, 0.29) is 10.5 Å². The molecule has 0 aliphatic rings. The van der Waals surface area contributed by atoms with Crippen molar-refractivity contribution in [3.8, 4) is 0 Å². The second-order valence-corrected chi connectivity index (χ2v) is 6.88. The van der Waals surface area contributed by atoms with Gasteiger partial charge in [0.05, 0.1) is 32.5 Å². The number of alkyl halides is 3. The van der Waals surface area contributed by atoms with E-state index in [0.29, 0.717) is 0 Å². The second kappa shape index (κ2) is 8.34. The number of carbonyl (C=O) groups is 2. The van der Waals surface area contributed by atoms with Crippen LogP contribution in [0.4, 0.5) is 18.9 Å². The predicted octanol–water partition coefficient (Wildman–Crippen LogP) is 3.63. The lowest BCUT2D eigenvalue weighted by molar-refractivity contribution is -0.137. The van der Waals surface area contributed by atoms with Gasteiger partial charge in [-0.2, -0.15) is 13.2 Å². The molecule has 1 N–H and O–H groups in total. The Kier molecular flexibility index (Phi) is 6.37. The minimum atomic E-state index is -4.64. The lowest BCUT2D eigenvalue weighted by Crippen LogP contribution is -2.31. The number of amides is 1. The average Bonchev–Trinajstić information content (AvgIpc) is 2.61. The number of nitrogens with one attached hydrogen (secondary N) is 1. The zero-order valence-electron chi connectivity index (χ0n) is 14.4. The Balaban J connectivity index is 2.14. The minimum Gasteiger partial charge on any atom is -0.449 e. The Morgan fingerprint density at radius 2 is 1.67 bits per heavy atom. The number of benzene rings is 2. The molecule has 0 aliphatic heterocycles. The second-order valence-electron chi connectivity index (χ2n) is 5.53. The lowest BCUT2D eigenvalue weighted by Gasteiger charge is -2.17. The SMILES string of the molecule is C[C@H](OC(=O)c1ccccc1[S@@](C)=O)C(=O)Nc1ccccc1C(F)(F)F. The van der Waals surface area contributed by atoms with Crippen molar-refractivity contribution in [1.82, 2.24) is 0 Å². The average molecular weight is 399 g/mol. The van der Waals surface area contributed by atoms with Crippen LogP contribution in [-0.4, -0.2) is 28.4 Å². The quantitative estimate of drug-likeness (QED) is 0.780. The molecule has 1 amide bonds. The van der Waals surface area contributed by atoms with Crippen LogP contribution >= 0.6 is 0 Å². The van der Waals surface area contributed by atoms with Crippen molar-refractivity contribution < 1.29 is 31.7 Å². The third kappa shape index (κ3) is 5.16. The molecule has 0 bridgehead atoms. The summed E-state index contributed by atoms with van der Waals surface area (Å²) >= 11 is 0. The topological polar surface area (TPSA) is 72.5 Å². The first-order valence-corrected chi connectivity index (χ1v) is 9.27. The van der Waals surface area contributed by atoms with Crippen molar-refractivity contribution in [2.24, 2.45) is 0 Å². The van der Waals surface area contributed by atoms with Crippen molar-refractivity contribution in [3.63, 3.8) is 0 Å². The first-order chi connectivity index (χ1) is 12.6. The van der Waals surface area contributed by atoms with E-state index in [2.05, 4.69) is 5.32 Å². The molecule has 0 heterocycles. The number of halogens is 3. The van der Waals surface area contributed by atoms with Crippen LogP contribution in [0.15, 0.2) is 53.4 Å². The van der Waals surface area contributed by atoms with E-state index in [1.54, 1.807) is 6.07 Å². The Labute approximate surface area is 156 Å². The molecule has 0 spiro atoms. The number of hydrogen-bond donors (Lipinski definition) is 1. The van der Waals surface area contributed by atoms with E-state index in [4.69, 9.17) is 4.74 Å². The Bertz CT molecular complexity index is 883. The number of ether oxygens (including phenoxy) is 1. The third-order valence-corrected chi connectivity index (χ3v) is 4.54. The van der Waals surface area contributed by atoms with Gasteiger partial charge < -0.3 is 10.1 Å². The summed E-state index contributed by atoms with van der Waals surface area (Å²) in [5, 5.41) is 2.11. The fraction of sp³-hybridized carbons (Fsp3) is 0.222. The number of anilines is 1. The Hall–Kier alpha value is -2.68. The number of hydrogen-bond acceptors (Lipinski definition) is 4. The molecule has 2 rings (SSSR count). The van der Waals surface area contributed by atoms with E-state index in [0.717, 1.165) is 12.1 Å². The largest absolute Gasteiger partial charge is 0.449 e. The molecule has 9 heteroatoms. The van der Waals surface area contributed by atoms with Gasteiger partial charge in [-0.3, -0.25) is 9.00 Å². The third-order valence-electron chi connectivity index (χ3n) is 3.56. The molecule has 0 aromatic heterocycles. The summed E-state index contributed by atoms with van der Waals surface area (Å²) < 4.78 is 55.7. The molecule has 2 atom stereocenters. The summed E-state index contributed by atoms with van der Waals surface area (Å²) in [6, 6.07) is 10.5. The summed E-state index contributed by atoms with van der Waals surface area (Å²) in [5.41, 5.74) is -1.43. The van der Waals surface area contributed by atoms with Crippen molar-refractivity contribution in [2.45, 2.75) is 24.1 Å². The maximum atomic E-state index is 13.0. The van der Waals surface area contributed by atoms with E-state index >= 15 is 0 Å². The lowest BCUT2D eigenvalue weighted by atomic mass is 10.1. The fourth-order valence-corrected chi connectivity index (χ4v) is 2.97. The molecule has 0 saturated carbocycles. The monoisotopic (exact) mass is 399 g/mol. The molecule has 5 nitrogen and oxygen atoms in total. The zero-order valence-corrected chi connectivity index (χ0v) is 15.2. The van der Waals surface area contributed by atoms with Gasteiger partial charge in [0.1, 0.15) is 0 Å². The summed E-state index contributed by atoms with van der Waals surface area (Å²) in [5.74, 6) is -1.82. The fourth-order valence-electron chi connectivity index (χ4n) is 2.24. The van der Waals surface area contributed by atoms with Crippen LogP contribution in [0.1, 0.15) is 22.8 Å². The maximum absolute atomic E-state index is 13.0. The van der Waals surface area contributed by atoms with E-state index < -0.39 is 46.2 Å². The molecular weight excluding hydrogens is 383 g/mol. The smallest absolute Gasteiger partial charge is 0.418 e. The molecule has 0 saturated heterocycles. The van der Waals surface area contributed by atoms with Gasteiger partial charge in [0, 0.05) is 6.26 Å². The maximum Gasteiger partial charge on any atom is 0.418 e. The summed E-state index contributed by atoms with van der Waals surface area (Å²) in [6.07, 6.45) is -4.62. The molecule has 0 unspecified atom stereocenters. The molecule has 2 aromatic rings. The zero-order chi connectivity index (χ0) is 20.2. The molecule has 0 radical (unpaired) electrons. The summed E-state index contributed by atoms with van der Waals surface area (Å²) in [4.78, 5) is 24.6. The molecule has 0 aliphatic carbocycles. The normalized spacial score (nSPS) is 13.5. The van der Waals surface area contributed by atoms with Crippen molar-refractivity contribution in [1.29, 1.82) is 0 Å². The molecule has 27 heavy (non-hydrogen) atoms. The van der Waals surface area contributed by atoms with Crippen LogP contribution in [0.3, 0.4) is 0 Å². The minimum absolute atomic E-state index is 0.0219. The van der Waals surface area contributed by atoms with Crippen LogP contribution in [-0.2, 0) is 26.5 Å². The highest BCUT2D eigenvalue weighted by Crippen LogP contribution is 2.34. The van der Waals surface area contributed by atoms with Gasteiger partial charge in [-0.1, -0.05) is 24.3 Å². The number of para-hydroxylation sites is 1. The van der Waals surface area contributed by atoms with E-state index in [1.807, 2.05) is 0 Å². The van der Waals surface area contributed by atoms with Crippen molar-refractivity contribution >= 4 is 28.4 Å². The standard InChI is InChI=1S/C18H16F3NO4S/c1-11(26-17(24)12-7-3-6-10-15(12)27(2)25)16(23)22-14-9-5-4-8-13(14)18(19,20)21/h3-11H,1-2H3,(H,22,23)/t11-,27+/m0/s1. The van der Waals surface area contributed by atoms with E-state index in [9.17, 15) is 27.0 Å². The first kappa shape index (κ1) is 20.6. The molecule has 0 fully saturated rings. The van der Waals surface area contributed by atoms with Gasteiger partial charge in [-0.25, -0.2) is 4.79 Å². The molecular formula is C18H16F3NO4S. The Morgan fingerprint density at radius 1 is 1.07 bits per heavy atom. The molecule has 2 aromatic carbocycles. The van der Waals surface area contributed by atoms with Crippen molar-refractivity contribution in [2.75, 3.05) is 11.6 Å². The summed E-state index contributed by atoms with van der Waals surface area (Å²) in [6.45, 7) is 1.23. The van der Waals surface area contributed by atoms with Gasteiger partial charge in [0.15, 0.2) is 6.10 Å². The highest BCUT2D eigenvalue weighted by molar-refractivity contribution is 7.84. The van der Waals surface area contributed by atoms with Gasteiger partial charge >= 0.3 is 12.1 Å². The number of esters is 1. The number of rotatable bonds is 5. The van der Waals surface area contributed by atoms with Crippen LogP contribution in [0.2, 0.25) is 0 Å². The van der Waals surface area contributed by atoms with Crippen LogP contribution in [0.25, 0.3) is 0 Å². The first-order valence-electron chi connectivity index (χ1n) is 7.71. The van der Waals surface area contributed by atoms with Crippen molar-refractivity contribution in [3.05, 3.63) is 59.7 Å². The highest BCUT2D eigenvalue weighted by Gasteiger charge is 2.34. The van der Waals surface area contributed by atoms with Crippen LogP contribution in [0.5, 0.6) is 0 Å². The Morgan fingerprint density at radius 3 is 2.30 bits per heavy atom.